The number of carbonyl (C=O) groups excluding carboxylic acids is 1. The van der Waals surface area contributed by atoms with Crippen molar-refractivity contribution in [2.75, 3.05) is 13.2 Å². The number of benzene rings is 1. The molecule has 0 amide bonds. The normalized spacial score (nSPS) is 22.8. The second kappa shape index (κ2) is 7.75. The van der Waals surface area contributed by atoms with E-state index in [0.29, 0.717) is 24.1 Å². The average Bonchev–Trinajstić information content (AvgIpc) is 2.53. The minimum atomic E-state index is -0.494. The summed E-state index contributed by atoms with van der Waals surface area (Å²) in [5, 5.41) is 14.1. The molecule has 24 heavy (non-hydrogen) atoms. The van der Waals surface area contributed by atoms with Gasteiger partial charge >= 0.3 is 5.97 Å². The molecule has 1 aromatic carbocycles. The molecule has 0 saturated heterocycles. The van der Waals surface area contributed by atoms with Gasteiger partial charge in [-0.25, -0.2) is 4.79 Å². The first kappa shape index (κ1) is 18.4. The third kappa shape index (κ3) is 4.54. The van der Waals surface area contributed by atoms with E-state index in [2.05, 4.69) is 26.1 Å². The van der Waals surface area contributed by atoms with Crippen molar-refractivity contribution in [3.63, 3.8) is 0 Å². The van der Waals surface area contributed by atoms with E-state index >= 15 is 0 Å². The molecule has 6 nitrogen and oxygen atoms in total. The molecule has 0 bridgehead atoms. The molecule has 1 aromatic rings. The van der Waals surface area contributed by atoms with Gasteiger partial charge in [0.05, 0.1) is 10.5 Å². The van der Waals surface area contributed by atoms with Crippen molar-refractivity contribution in [2.24, 2.45) is 11.3 Å². The van der Waals surface area contributed by atoms with E-state index in [0.717, 1.165) is 0 Å². The van der Waals surface area contributed by atoms with Gasteiger partial charge in [-0.3, -0.25) is 10.1 Å². The maximum Gasteiger partial charge on any atom is 0.338 e. The van der Waals surface area contributed by atoms with Gasteiger partial charge in [0, 0.05) is 24.7 Å². The van der Waals surface area contributed by atoms with Crippen molar-refractivity contribution in [3.05, 3.63) is 39.9 Å². The minimum Gasteiger partial charge on any atom is -0.461 e. The van der Waals surface area contributed by atoms with Crippen LogP contribution in [-0.4, -0.2) is 30.1 Å². The molecule has 1 saturated carbocycles. The van der Waals surface area contributed by atoms with Crippen molar-refractivity contribution in [2.45, 2.75) is 46.1 Å². The van der Waals surface area contributed by atoms with Crippen molar-refractivity contribution >= 4 is 11.7 Å². The van der Waals surface area contributed by atoms with Gasteiger partial charge in [-0.15, -0.1) is 0 Å². The average molecular weight is 334 g/mol. The van der Waals surface area contributed by atoms with Crippen molar-refractivity contribution in [3.8, 4) is 0 Å². The van der Waals surface area contributed by atoms with Gasteiger partial charge in [0.1, 0.15) is 6.61 Å². The highest BCUT2D eigenvalue weighted by atomic mass is 16.6. The maximum absolute atomic E-state index is 11.9. The van der Waals surface area contributed by atoms with Crippen LogP contribution >= 0.6 is 0 Å². The summed E-state index contributed by atoms with van der Waals surface area (Å²) < 4.78 is 5.25. The maximum atomic E-state index is 11.9. The summed E-state index contributed by atoms with van der Waals surface area (Å²) in [7, 11) is 0. The molecule has 6 heteroatoms. The van der Waals surface area contributed by atoms with Gasteiger partial charge in [-0.1, -0.05) is 27.2 Å². The monoisotopic (exact) mass is 334 g/mol. The van der Waals surface area contributed by atoms with Crippen LogP contribution in [0.15, 0.2) is 24.3 Å². The number of non-ortho nitro benzene ring substituents is 1. The molecule has 0 aromatic heterocycles. The molecular weight excluding hydrogens is 308 g/mol. The van der Waals surface area contributed by atoms with E-state index in [1.54, 1.807) is 0 Å². The molecule has 2 rings (SSSR count). The van der Waals surface area contributed by atoms with Gasteiger partial charge in [0.25, 0.3) is 5.69 Å². The van der Waals surface area contributed by atoms with Crippen LogP contribution in [-0.2, 0) is 4.74 Å². The van der Waals surface area contributed by atoms with Crippen LogP contribution in [0.3, 0.4) is 0 Å². The molecule has 0 radical (unpaired) electrons. The molecule has 2 unspecified atom stereocenters. The second-order valence-corrected chi connectivity index (χ2v) is 7.23. The first-order valence-corrected chi connectivity index (χ1v) is 8.46. The van der Waals surface area contributed by atoms with Gasteiger partial charge in [-0.05, 0) is 36.3 Å². The summed E-state index contributed by atoms with van der Waals surface area (Å²) in [6.45, 7) is 7.72. The van der Waals surface area contributed by atoms with Gasteiger partial charge in [0.15, 0.2) is 0 Å². The zero-order chi connectivity index (χ0) is 17.7. The number of esters is 1. The zero-order valence-electron chi connectivity index (χ0n) is 14.6. The van der Waals surface area contributed by atoms with E-state index in [4.69, 9.17) is 4.74 Å². The number of nitrogens with zero attached hydrogens (tertiary/aromatic N) is 1. The van der Waals surface area contributed by atoms with Crippen LogP contribution in [0.2, 0.25) is 0 Å². The summed E-state index contributed by atoms with van der Waals surface area (Å²) in [4.78, 5) is 22.1. The topological polar surface area (TPSA) is 81.5 Å². The SMILES string of the molecule is CC1CCCC(C)(C)C1NCCOC(=O)c1ccc([N+](=O)[O-])cc1. The summed E-state index contributed by atoms with van der Waals surface area (Å²) in [5.41, 5.74) is 0.536. The van der Waals surface area contributed by atoms with Gasteiger partial charge < -0.3 is 10.1 Å². The molecule has 1 aliphatic carbocycles. The molecule has 0 aliphatic heterocycles. The molecule has 0 spiro atoms. The quantitative estimate of drug-likeness (QED) is 0.372. The first-order valence-electron chi connectivity index (χ1n) is 8.46. The summed E-state index contributed by atoms with van der Waals surface area (Å²) in [5.74, 6) is 0.154. The lowest BCUT2D eigenvalue weighted by molar-refractivity contribution is -0.384. The second-order valence-electron chi connectivity index (χ2n) is 7.23. The lowest BCUT2D eigenvalue weighted by Gasteiger charge is -2.43. The number of ether oxygens (including phenoxy) is 1. The summed E-state index contributed by atoms with van der Waals surface area (Å²) in [6.07, 6.45) is 3.70. The van der Waals surface area contributed by atoms with Crippen LogP contribution in [0.1, 0.15) is 50.4 Å². The largest absolute Gasteiger partial charge is 0.461 e. The molecule has 1 aliphatic rings. The Labute approximate surface area is 142 Å². The highest BCUT2D eigenvalue weighted by Crippen LogP contribution is 2.38. The van der Waals surface area contributed by atoms with Crippen LogP contribution in [0.4, 0.5) is 5.69 Å². The predicted molar refractivity (Wildman–Crippen MR) is 92.0 cm³/mol. The molecule has 2 atom stereocenters. The summed E-state index contributed by atoms with van der Waals surface area (Å²) >= 11 is 0. The highest BCUT2D eigenvalue weighted by Gasteiger charge is 2.36. The Kier molecular flexibility index (Phi) is 5.94. The van der Waals surface area contributed by atoms with E-state index in [9.17, 15) is 14.9 Å². The fourth-order valence-electron chi connectivity index (χ4n) is 3.61. The third-order valence-electron chi connectivity index (χ3n) is 4.90. The summed E-state index contributed by atoms with van der Waals surface area (Å²) in [6, 6.07) is 5.87. The minimum absolute atomic E-state index is 0.0401. The van der Waals surface area contributed by atoms with E-state index in [1.165, 1.54) is 43.5 Å². The Hall–Kier alpha value is -1.95. The fraction of sp³-hybridized carbons (Fsp3) is 0.611. The highest BCUT2D eigenvalue weighted by molar-refractivity contribution is 5.89. The molecule has 0 heterocycles. The van der Waals surface area contributed by atoms with Crippen LogP contribution in [0.5, 0.6) is 0 Å². The lowest BCUT2D eigenvalue weighted by atomic mass is 9.68. The predicted octanol–water partition coefficient (Wildman–Crippen LogP) is 3.56. The number of carbonyl (C=O) groups is 1. The van der Waals surface area contributed by atoms with E-state index in [1.807, 2.05) is 0 Å². The number of rotatable bonds is 6. The Balaban J connectivity index is 1.79. The number of nitro benzene ring substituents is 1. The number of hydrogen-bond donors (Lipinski definition) is 1. The molecule has 1 fully saturated rings. The number of nitrogens with one attached hydrogen (secondary N) is 1. The van der Waals surface area contributed by atoms with Gasteiger partial charge in [-0.2, -0.15) is 0 Å². The van der Waals surface area contributed by atoms with Gasteiger partial charge in [0.2, 0.25) is 0 Å². The lowest BCUT2D eigenvalue weighted by Crippen LogP contribution is -2.49. The van der Waals surface area contributed by atoms with E-state index < -0.39 is 10.9 Å². The molecule has 1 N–H and O–H groups in total. The van der Waals surface area contributed by atoms with Crippen LogP contribution in [0, 0.1) is 21.4 Å². The van der Waals surface area contributed by atoms with Crippen molar-refractivity contribution in [1.82, 2.24) is 5.32 Å². The number of nitro groups is 1. The Bertz CT molecular complexity index is 583. The first-order chi connectivity index (χ1) is 11.3. The zero-order valence-corrected chi connectivity index (χ0v) is 14.6. The number of hydrogen-bond acceptors (Lipinski definition) is 5. The standard InChI is InChI=1S/C18H26N2O4/c1-13-5-4-10-18(2,3)16(13)19-11-12-24-17(21)14-6-8-15(9-7-14)20(22)23/h6-9,13,16,19H,4-5,10-12H2,1-3H3. The smallest absolute Gasteiger partial charge is 0.338 e. The van der Waals surface area contributed by atoms with Crippen LogP contribution < -0.4 is 5.32 Å². The van der Waals surface area contributed by atoms with Crippen molar-refractivity contribution < 1.29 is 14.5 Å². The Morgan fingerprint density at radius 3 is 2.62 bits per heavy atom. The van der Waals surface area contributed by atoms with Crippen molar-refractivity contribution in [1.29, 1.82) is 0 Å². The Morgan fingerprint density at radius 1 is 1.38 bits per heavy atom. The third-order valence-corrected chi connectivity index (χ3v) is 4.90. The van der Waals surface area contributed by atoms with Crippen LogP contribution in [0.25, 0.3) is 0 Å². The van der Waals surface area contributed by atoms with E-state index in [-0.39, 0.29) is 17.7 Å². The molecule has 132 valence electrons. The Morgan fingerprint density at radius 2 is 2.04 bits per heavy atom. The fourth-order valence-corrected chi connectivity index (χ4v) is 3.61. The molecular formula is C18H26N2O4.